The first kappa shape index (κ1) is 21.5. The summed E-state index contributed by atoms with van der Waals surface area (Å²) in [6.45, 7) is 3.81. The number of nitrogens with zero attached hydrogens (tertiary/aromatic N) is 3. The number of hydrogen-bond donors (Lipinski definition) is 0. The van der Waals surface area contributed by atoms with Gasteiger partial charge in [0.15, 0.2) is 0 Å². The Balaban J connectivity index is 1.66. The van der Waals surface area contributed by atoms with Crippen LogP contribution in [-0.4, -0.2) is 15.0 Å². The lowest BCUT2D eigenvalue weighted by molar-refractivity contribution is -0.137. The van der Waals surface area contributed by atoms with Gasteiger partial charge in [-0.1, -0.05) is 6.07 Å². The number of benzene rings is 2. The zero-order valence-corrected chi connectivity index (χ0v) is 16.0. The molecule has 0 aliphatic carbocycles. The van der Waals surface area contributed by atoms with Gasteiger partial charge in [0.25, 0.3) is 0 Å². The van der Waals surface area contributed by atoms with Gasteiger partial charge in [-0.05, 0) is 36.8 Å². The van der Waals surface area contributed by atoms with E-state index in [0.717, 1.165) is 36.8 Å². The van der Waals surface area contributed by atoms with Crippen molar-refractivity contribution in [1.82, 2.24) is 15.0 Å². The molecule has 4 aromatic rings. The highest BCUT2D eigenvalue weighted by atomic mass is 19.4. The van der Waals surface area contributed by atoms with E-state index in [9.17, 15) is 26.3 Å². The first-order valence-electron chi connectivity index (χ1n) is 9.07. The predicted octanol–water partition coefficient (Wildman–Crippen LogP) is 6.22. The summed E-state index contributed by atoms with van der Waals surface area (Å²) in [5, 5.41) is -0.222. The fraction of sp³-hybridized carbons (Fsp3) is 0.0909. The highest BCUT2D eigenvalue weighted by Crippen LogP contribution is 2.34. The summed E-state index contributed by atoms with van der Waals surface area (Å²) in [6, 6.07) is 6.77. The Morgan fingerprint density at radius 2 is 1.59 bits per heavy atom. The lowest BCUT2D eigenvalue weighted by Gasteiger charge is -2.16. The summed E-state index contributed by atoms with van der Waals surface area (Å²) in [5.41, 5.74) is -1.28. The van der Waals surface area contributed by atoms with E-state index in [2.05, 4.69) is 21.9 Å². The predicted molar refractivity (Wildman–Crippen MR) is 102 cm³/mol. The Labute approximate surface area is 177 Å². The molecule has 0 fully saturated rings. The van der Waals surface area contributed by atoms with Gasteiger partial charge < -0.3 is 4.74 Å². The van der Waals surface area contributed by atoms with Gasteiger partial charge in [-0.2, -0.15) is 13.2 Å². The van der Waals surface area contributed by atoms with Crippen molar-refractivity contribution in [2.24, 2.45) is 0 Å². The normalized spacial score (nSPS) is 12.7. The quantitative estimate of drug-likeness (QED) is 0.348. The fourth-order valence-corrected chi connectivity index (χ4v) is 3.15. The van der Waals surface area contributed by atoms with Gasteiger partial charge in [-0.3, -0.25) is 0 Å². The number of alkyl halides is 3. The summed E-state index contributed by atoms with van der Waals surface area (Å²) >= 11 is 0. The monoisotopic (exact) mass is 448 g/mol. The second-order valence-corrected chi connectivity index (χ2v) is 6.73. The molecular formula is C22H12F6N3O. The number of fused-ring (bicyclic) bond motifs is 1. The Bertz CT molecular complexity index is 1310. The SMILES string of the molecule is [CH2]C(c1ccc(Oc2cc(C(F)(F)F)ccn2)cc1F)c1ncnc2c(F)ccc(F)c12. The zero-order valence-electron chi connectivity index (χ0n) is 16.0. The third kappa shape index (κ3) is 4.08. The van der Waals surface area contributed by atoms with Gasteiger partial charge in [0, 0.05) is 24.2 Å². The molecule has 0 amide bonds. The Hall–Kier alpha value is -3.69. The van der Waals surface area contributed by atoms with Gasteiger partial charge in [0.2, 0.25) is 5.88 Å². The van der Waals surface area contributed by atoms with Crippen LogP contribution in [0.4, 0.5) is 26.3 Å². The molecule has 163 valence electrons. The summed E-state index contributed by atoms with van der Waals surface area (Å²) in [4.78, 5) is 11.4. The molecule has 32 heavy (non-hydrogen) atoms. The molecule has 0 aliphatic heterocycles. The summed E-state index contributed by atoms with van der Waals surface area (Å²) in [6.07, 6.45) is -2.65. The van der Waals surface area contributed by atoms with Crippen LogP contribution in [0.1, 0.15) is 22.7 Å². The first-order valence-corrected chi connectivity index (χ1v) is 9.07. The number of ether oxygens (including phenoxy) is 1. The highest BCUT2D eigenvalue weighted by molar-refractivity contribution is 5.83. The maximum Gasteiger partial charge on any atom is 0.416 e. The second kappa shape index (κ2) is 8.10. The number of hydrogen-bond acceptors (Lipinski definition) is 4. The van der Waals surface area contributed by atoms with Crippen molar-refractivity contribution < 1.29 is 31.1 Å². The van der Waals surface area contributed by atoms with E-state index in [4.69, 9.17) is 4.74 Å². The van der Waals surface area contributed by atoms with Crippen molar-refractivity contribution in [2.45, 2.75) is 12.1 Å². The van der Waals surface area contributed by atoms with Crippen molar-refractivity contribution in [2.75, 3.05) is 0 Å². The van der Waals surface area contributed by atoms with E-state index in [0.29, 0.717) is 6.07 Å². The van der Waals surface area contributed by atoms with Crippen LogP contribution in [0.2, 0.25) is 0 Å². The number of halogens is 6. The molecule has 2 aromatic heterocycles. The van der Waals surface area contributed by atoms with Crippen LogP contribution in [0, 0.1) is 24.4 Å². The molecule has 1 unspecified atom stereocenters. The Morgan fingerprint density at radius 3 is 2.31 bits per heavy atom. The molecule has 2 aromatic carbocycles. The Kier molecular flexibility index (Phi) is 5.45. The van der Waals surface area contributed by atoms with Crippen LogP contribution in [0.5, 0.6) is 11.6 Å². The maximum absolute atomic E-state index is 14.8. The number of aromatic nitrogens is 3. The summed E-state index contributed by atoms with van der Waals surface area (Å²) < 4.78 is 86.9. The molecule has 2 heterocycles. The molecule has 4 nitrogen and oxygen atoms in total. The third-order valence-electron chi connectivity index (χ3n) is 4.68. The largest absolute Gasteiger partial charge is 0.439 e. The van der Waals surface area contributed by atoms with E-state index in [1.54, 1.807) is 0 Å². The standard InChI is InChI=1S/C22H12F6N3O/c1-11(20-19-15(23)4-5-16(24)21(19)31-10-30-20)14-3-2-13(9-17(14)25)32-18-8-12(6-7-29-18)22(26,27)28/h2-11H,1H2. The first-order chi connectivity index (χ1) is 15.1. The van der Waals surface area contributed by atoms with E-state index in [-0.39, 0.29) is 33.8 Å². The van der Waals surface area contributed by atoms with E-state index in [1.807, 2.05) is 0 Å². The molecule has 1 radical (unpaired) electrons. The Morgan fingerprint density at radius 1 is 0.844 bits per heavy atom. The second-order valence-electron chi connectivity index (χ2n) is 6.73. The molecule has 0 saturated carbocycles. The van der Waals surface area contributed by atoms with Gasteiger partial charge in [-0.25, -0.2) is 28.1 Å². The molecule has 0 saturated heterocycles. The van der Waals surface area contributed by atoms with Gasteiger partial charge >= 0.3 is 6.18 Å². The van der Waals surface area contributed by atoms with Crippen LogP contribution in [0.15, 0.2) is 55.0 Å². The minimum atomic E-state index is -4.59. The van der Waals surface area contributed by atoms with Crippen molar-refractivity contribution in [3.05, 3.63) is 96.2 Å². The van der Waals surface area contributed by atoms with Crippen molar-refractivity contribution in [3.8, 4) is 11.6 Å². The van der Waals surface area contributed by atoms with Crippen molar-refractivity contribution >= 4 is 10.9 Å². The lowest BCUT2D eigenvalue weighted by Crippen LogP contribution is -2.06. The molecule has 0 N–H and O–H groups in total. The van der Waals surface area contributed by atoms with E-state index >= 15 is 0 Å². The topological polar surface area (TPSA) is 47.9 Å². The molecule has 10 heteroatoms. The smallest absolute Gasteiger partial charge is 0.416 e. The minimum absolute atomic E-state index is 0.0157. The van der Waals surface area contributed by atoms with E-state index in [1.165, 1.54) is 12.1 Å². The maximum atomic E-state index is 14.8. The summed E-state index contributed by atoms with van der Waals surface area (Å²) in [7, 11) is 0. The molecule has 0 spiro atoms. The fourth-order valence-electron chi connectivity index (χ4n) is 3.15. The van der Waals surface area contributed by atoms with Crippen molar-refractivity contribution in [3.63, 3.8) is 0 Å². The number of rotatable bonds is 4. The third-order valence-corrected chi connectivity index (χ3v) is 4.68. The molecule has 0 bridgehead atoms. The van der Waals surface area contributed by atoms with Crippen LogP contribution in [-0.2, 0) is 6.18 Å². The minimum Gasteiger partial charge on any atom is -0.439 e. The van der Waals surface area contributed by atoms with Gasteiger partial charge in [0.1, 0.15) is 35.0 Å². The van der Waals surface area contributed by atoms with Gasteiger partial charge in [0.05, 0.1) is 16.6 Å². The zero-order chi connectivity index (χ0) is 23.0. The molecular weight excluding hydrogens is 436 g/mol. The van der Waals surface area contributed by atoms with Crippen LogP contribution < -0.4 is 4.74 Å². The highest BCUT2D eigenvalue weighted by Gasteiger charge is 2.31. The van der Waals surface area contributed by atoms with Crippen LogP contribution >= 0.6 is 0 Å². The van der Waals surface area contributed by atoms with E-state index < -0.39 is 35.1 Å². The summed E-state index contributed by atoms with van der Waals surface area (Å²) in [5.74, 6) is -3.93. The number of pyridine rings is 1. The average Bonchev–Trinajstić information content (AvgIpc) is 2.75. The van der Waals surface area contributed by atoms with Crippen LogP contribution in [0.25, 0.3) is 10.9 Å². The molecule has 0 aliphatic rings. The van der Waals surface area contributed by atoms with Gasteiger partial charge in [-0.15, -0.1) is 0 Å². The average molecular weight is 448 g/mol. The lowest BCUT2D eigenvalue weighted by atomic mass is 9.94. The molecule has 4 rings (SSSR count). The molecule has 1 atom stereocenters. The van der Waals surface area contributed by atoms with Crippen molar-refractivity contribution in [1.29, 1.82) is 0 Å². The van der Waals surface area contributed by atoms with Crippen LogP contribution in [0.3, 0.4) is 0 Å².